The fraction of sp³-hybridized carbons (Fsp3) is 0.571. The van der Waals surface area contributed by atoms with E-state index in [1.807, 2.05) is 6.07 Å². The Kier molecular flexibility index (Phi) is 4.08. The van der Waals surface area contributed by atoms with Crippen molar-refractivity contribution in [3.8, 4) is 0 Å². The van der Waals surface area contributed by atoms with Gasteiger partial charge in [-0.3, -0.25) is 0 Å². The topological polar surface area (TPSA) is 3.24 Å². The lowest BCUT2D eigenvalue weighted by Crippen LogP contribution is -2.31. The molecule has 1 saturated carbocycles. The van der Waals surface area contributed by atoms with Gasteiger partial charge in [0.2, 0.25) is 0 Å². The second-order valence-electron chi connectivity index (χ2n) is 5.16. The minimum atomic E-state index is -0.0884. The Morgan fingerprint density at radius 3 is 2.65 bits per heavy atom. The minimum Gasteiger partial charge on any atom is -0.366 e. The maximum absolute atomic E-state index is 14.1. The molecule has 0 amide bonds. The van der Waals surface area contributed by atoms with Crippen molar-refractivity contribution in [1.29, 1.82) is 0 Å². The molecule has 1 fully saturated rings. The van der Waals surface area contributed by atoms with Gasteiger partial charge in [0.15, 0.2) is 0 Å². The molecule has 0 heterocycles. The molecular weight excluding hydrogens is 281 g/mol. The molecule has 94 valence electrons. The molecule has 0 saturated heterocycles. The predicted octanol–water partition coefficient (Wildman–Crippen LogP) is 4.35. The highest BCUT2D eigenvalue weighted by Gasteiger charge is 2.32. The first-order valence-corrected chi connectivity index (χ1v) is 7.35. The summed E-state index contributed by atoms with van der Waals surface area (Å²) < 4.78 is 14.1. The molecule has 0 aliphatic heterocycles. The van der Waals surface area contributed by atoms with Crippen LogP contribution in [0, 0.1) is 11.7 Å². The third-order valence-electron chi connectivity index (χ3n) is 3.05. The third kappa shape index (κ3) is 3.01. The van der Waals surface area contributed by atoms with Gasteiger partial charge in [-0.1, -0.05) is 41.9 Å². The van der Waals surface area contributed by atoms with Gasteiger partial charge in [-0.05, 0) is 30.4 Å². The summed E-state index contributed by atoms with van der Waals surface area (Å²) in [7, 11) is 0. The third-order valence-corrected chi connectivity index (χ3v) is 3.66. The number of hydrogen-bond acceptors (Lipinski definition) is 1. The molecule has 1 nitrogen and oxygen atoms in total. The molecule has 2 rings (SSSR count). The summed E-state index contributed by atoms with van der Waals surface area (Å²) >= 11 is 3.45. The van der Waals surface area contributed by atoms with Crippen molar-refractivity contribution in [3.63, 3.8) is 0 Å². The van der Waals surface area contributed by atoms with E-state index in [1.165, 1.54) is 12.8 Å². The highest BCUT2D eigenvalue weighted by Crippen LogP contribution is 2.36. The molecule has 0 aromatic heterocycles. The maximum Gasteiger partial charge on any atom is 0.146 e. The molecule has 0 atom stereocenters. The standard InChI is InChI=1S/C14H19BrFN/c1-10(2)9-17(12-6-7-12)14-11(8-15)4-3-5-13(14)16/h3-5,10,12H,6-9H2,1-2H3. The zero-order valence-electron chi connectivity index (χ0n) is 10.4. The SMILES string of the molecule is CC(C)CN(c1c(F)cccc1CBr)C1CC1. The van der Waals surface area contributed by atoms with Crippen molar-refractivity contribution < 1.29 is 4.39 Å². The van der Waals surface area contributed by atoms with Crippen molar-refractivity contribution in [2.45, 2.75) is 38.1 Å². The van der Waals surface area contributed by atoms with Gasteiger partial charge < -0.3 is 4.90 Å². The van der Waals surface area contributed by atoms with Gasteiger partial charge >= 0.3 is 0 Å². The maximum atomic E-state index is 14.1. The van der Waals surface area contributed by atoms with Crippen LogP contribution in [0.25, 0.3) is 0 Å². The predicted molar refractivity (Wildman–Crippen MR) is 74.2 cm³/mol. The summed E-state index contributed by atoms with van der Waals surface area (Å²) in [5.74, 6) is 0.466. The number of alkyl halides is 1. The van der Waals surface area contributed by atoms with E-state index in [4.69, 9.17) is 0 Å². The van der Waals surface area contributed by atoms with Crippen LogP contribution in [0.3, 0.4) is 0 Å². The van der Waals surface area contributed by atoms with Crippen molar-refractivity contribution in [1.82, 2.24) is 0 Å². The highest BCUT2D eigenvalue weighted by atomic mass is 79.9. The number of halogens is 2. The van der Waals surface area contributed by atoms with Gasteiger partial charge in [-0.2, -0.15) is 0 Å². The van der Waals surface area contributed by atoms with E-state index in [0.29, 0.717) is 17.3 Å². The zero-order valence-corrected chi connectivity index (χ0v) is 12.0. The summed E-state index contributed by atoms with van der Waals surface area (Å²) in [6.07, 6.45) is 2.39. The van der Waals surface area contributed by atoms with E-state index < -0.39 is 0 Å². The molecule has 1 aliphatic carbocycles. The molecule has 1 aromatic rings. The zero-order chi connectivity index (χ0) is 12.4. The summed E-state index contributed by atoms with van der Waals surface area (Å²) in [4.78, 5) is 2.26. The smallest absolute Gasteiger partial charge is 0.146 e. The number of hydrogen-bond donors (Lipinski definition) is 0. The molecule has 17 heavy (non-hydrogen) atoms. The van der Waals surface area contributed by atoms with Crippen LogP contribution < -0.4 is 4.90 Å². The second-order valence-corrected chi connectivity index (χ2v) is 5.72. The van der Waals surface area contributed by atoms with E-state index in [9.17, 15) is 4.39 Å². The van der Waals surface area contributed by atoms with Crippen LogP contribution in [-0.4, -0.2) is 12.6 Å². The Balaban J connectivity index is 2.34. The Labute approximate surface area is 111 Å². The van der Waals surface area contributed by atoms with Gasteiger partial charge in [0, 0.05) is 17.9 Å². The van der Waals surface area contributed by atoms with Gasteiger partial charge in [0.25, 0.3) is 0 Å². The molecule has 1 aromatic carbocycles. The summed E-state index contributed by atoms with van der Waals surface area (Å²) in [5.41, 5.74) is 1.86. The first-order valence-electron chi connectivity index (χ1n) is 6.23. The fourth-order valence-corrected chi connectivity index (χ4v) is 2.64. The van der Waals surface area contributed by atoms with E-state index in [0.717, 1.165) is 17.8 Å². The van der Waals surface area contributed by atoms with Gasteiger partial charge in [-0.25, -0.2) is 4.39 Å². The first-order chi connectivity index (χ1) is 8.13. The lowest BCUT2D eigenvalue weighted by molar-refractivity contribution is 0.576. The molecule has 1 aliphatic rings. The number of rotatable bonds is 5. The normalized spacial score (nSPS) is 15.4. The van der Waals surface area contributed by atoms with Crippen LogP contribution >= 0.6 is 15.9 Å². The van der Waals surface area contributed by atoms with Gasteiger partial charge in [0.1, 0.15) is 5.82 Å². The lowest BCUT2D eigenvalue weighted by atomic mass is 10.1. The Morgan fingerprint density at radius 2 is 2.12 bits per heavy atom. The number of anilines is 1. The average Bonchev–Trinajstić information content (AvgIpc) is 3.09. The summed E-state index contributed by atoms with van der Waals surface area (Å²) in [6, 6.07) is 5.91. The van der Waals surface area contributed by atoms with Crippen LogP contribution in [-0.2, 0) is 5.33 Å². The molecule has 0 radical (unpaired) electrons. The Bertz CT molecular complexity index is 388. The lowest BCUT2D eigenvalue weighted by Gasteiger charge is -2.29. The van der Waals surface area contributed by atoms with Crippen LogP contribution in [0.5, 0.6) is 0 Å². The minimum absolute atomic E-state index is 0.0884. The molecule has 0 spiro atoms. The van der Waals surface area contributed by atoms with E-state index in [-0.39, 0.29) is 5.82 Å². The largest absolute Gasteiger partial charge is 0.366 e. The van der Waals surface area contributed by atoms with Crippen LogP contribution in [0.1, 0.15) is 32.3 Å². The van der Waals surface area contributed by atoms with Crippen LogP contribution in [0.4, 0.5) is 10.1 Å². The number of para-hydroxylation sites is 1. The van der Waals surface area contributed by atoms with E-state index in [2.05, 4.69) is 34.7 Å². The number of benzene rings is 1. The van der Waals surface area contributed by atoms with E-state index >= 15 is 0 Å². The quantitative estimate of drug-likeness (QED) is 0.731. The first kappa shape index (κ1) is 12.9. The fourth-order valence-electron chi connectivity index (χ4n) is 2.19. The highest BCUT2D eigenvalue weighted by molar-refractivity contribution is 9.08. The Morgan fingerprint density at radius 1 is 1.41 bits per heavy atom. The molecule has 0 unspecified atom stereocenters. The van der Waals surface area contributed by atoms with Crippen molar-refractivity contribution >= 4 is 21.6 Å². The molecular formula is C14H19BrFN. The molecule has 0 N–H and O–H groups in total. The summed E-state index contributed by atoms with van der Waals surface area (Å²) in [6.45, 7) is 5.31. The average molecular weight is 300 g/mol. The van der Waals surface area contributed by atoms with Gasteiger partial charge in [0.05, 0.1) is 5.69 Å². The Hall–Kier alpha value is -0.570. The van der Waals surface area contributed by atoms with E-state index in [1.54, 1.807) is 12.1 Å². The molecule has 3 heteroatoms. The number of nitrogens with zero attached hydrogens (tertiary/aromatic N) is 1. The van der Waals surface area contributed by atoms with Crippen LogP contribution in [0.15, 0.2) is 18.2 Å². The molecule has 0 bridgehead atoms. The summed E-state index contributed by atoms with van der Waals surface area (Å²) in [5, 5.41) is 0.710. The second kappa shape index (κ2) is 5.38. The van der Waals surface area contributed by atoms with Crippen molar-refractivity contribution in [2.75, 3.05) is 11.4 Å². The van der Waals surface area contributed by atoms with Crippen LogP contribution in [0.2, 0.25) is 0 Å². The van der Waals surface area contributed by atoms with Crippen molar-refractivity contribution in [2.24, 2.45) is 5.92 Å². The van der Waals surface area contributed by atoms with Crippen molar-refractivity contribution in [3.05, 3.63) is 29.6 Å². The monoisotopic (exact) mass is 299 g/mol. The van der Waals surface area contributed by atoms with Gasteiger partial charge in [-0.15, -0.1) is 0 Å².